The highest BCUT2D eigenvalue weighted by Crippen LogP contribution is 2.27. The van der Waals surface area contributed by atoms with Gasteiger partial charge in [0, 0.05) is 13.2 Å². The Hall–Kier alpha value is -2.46. The van der Waals surface area contributed by atoms with Gasteiger partial charge in [0.15, 0.2) is 0 Å². The molecule has 2 aromatic rings. The van der Waals surface area contributed by atoms with E-state index >= 15 is 0 Å². The van der Waals surface area contributed by atoms with Gasteiger partial charge in [-0.3, -0.25) is 13.9 Å². The molecule has 9 nitrogen and oxygen atoms in total. The van der Waals surface area contributed by atoms with Crippen molar-refractivity contribution in [3.63, 3.8) is 0 Å². The second kappa shape index (κ2) is 8.73. The molecule has 3 rings (SSSR count). The first-order chi connectivity index (χ1) is 14.1. The fraction of sp³-hybridized carbons (Fsp3) is 0.600. The van der Waals surface area contributed by atoms with Gasteiger partial charge in [0.1, 0.15) is 10.4 Å². The van der Waals surface area contributed by atoms with E-state index in [-0.39, 0.29) is 23.9 Å². The summed E-state index contributed by atoms with van der Waals surface area (Å²) in [5.41, 5.74) is 1.77. The SMILES string of the molecule is CCn1c(=O)c2c(C)c(C=NNC(=O)OC(C)(C)C)sc2n(CC2CCCO2)c1=O. The molecule has 1 atom stereocenters. The lowest BCUT2D eigenvalue weighted by atomic mass is 10.2. The summed E-state index contributed by atoms with van der Waals surface area (Å²) in [5, 5.41) is 4.45. The van der Waals surface area contributed by atoms with Crippen LogP contribution in [0.2, 0.25) is 0 Å². The number of aryl methyl sites for hydroxylation is 1. The first-order valence-corrected chi connectivity index (χ1v) is 10.8. The number of hydrogen-bond donors (Lipinski definition) is 1. The largest absolute Gasteiger partial charge is 0.443 e. The molecule has 1 aliphatic heterocycles. The van der Waals surface area contributed by atoms with Crippen molar-refractivity contribution in [3.05, 3.63) is 31.3 Å². The molecule has 1 aliphatic rings. The highest BCUT2D eigenvalue weighted by molar-refractivity contribution is 7.20. The molecule has 1 amide bonds. The van der Waals surface area contributed by atoms with E-state index in [0.717, 1.165) is 18.4 Å². The van der Waals surface area contributed by atoms with E-state index < -0.39 is 11.7 Å². The van der Waals surface area contributed by atoms with Crippen LogP contribution in [0, 0.1) is 6.92 Å². The van der Waals surface area contributed by atoms with Crippen LogP contribution in [0.25, 0.3) is 10.2 Å². The summed E-state index contributed by atoms with van der Waals surface area (Å²) in [4.78, 5) is 38.9. The van der Waals surface area contributed by atoms with Crippen LogP contribution in [0.4, 0.5) is 4.79 Å². The molecule has 0 spiro atoms. The number of rotatable bonds is 5. The van der Waals surface area contributed by atoms with Gasteiger partial charge in [0.25, 0.3) is 5.56 Å². The normalized spacial score (nSPS) is 17.2. The molecule has 1 fully saturated rings. The van der Waals surface area contributed by atoms with Gasteiger partial charge in [0.2, 0.25) is 0 Å². The van der Waals surface area contributed by atoms with Gasteiger partial charge in [-0.15, -0.1) is 11.3 Å². The van der Waals surface area contributed by atoms with Crippen molar-refractivity contribution >= 4 is 33.9 Å². The Morgan fingerprint density at radius 1 is 1.37 bits per heavy atom. The van der Waals surface area contributed by atoms with Crippen LogP contribution in [-0.4, -0.2) is 39.8 Å². The summed E-state index contributed by atoms with van der Waals surface area (Å²) in [5.74, 6) is 0. The molecule has 30 heavy (non-hydrogen) atoms. The number of thiophene rings is 1. The van der Waals surface area contributed by atoms with Crippen LogP contribution in [0.1, 0.15) is 51.0 Å². The molecule has 0 aromatic carbocycles. The van der Waals surface area contributed by atoms with Crippen molar-refractivity contribution in [2.45, 2.75) is 72.3 Å². The summed E-state index contributed by atoms with van der Waals surface area (Å²) >= 11 is 1.30. The lowest BCUT2D eigenvalue weighted by Crippen LogP contribution is -2.40. The maximum Gasteiger partial charge on any atom is 0.428 e. The number of ether oxygens (including phenoxy) is 2. The lowest BCUT2D eigenvalue weighted by Gasteiger charge is -2.18. The van der Waals surface area contributed by atoms with Gasteiger partial charge in [-0.1, -0.05) is 0 Å². The number of nitrogens with zero attached hydrogens (tertiary/aromatic N) is 3. The van der Waals surface area contributed by atoms with E-state index in [9.17, 15) is 14.4 Å². The van der Waals surface area contributed by atoms with Crippen molar-refractivity contribution in [1.29, 1.82) is 0 Å². The Bertz CT molecular complexity index is 1080. The Morgan fingerprint density at radius 2 is 2.10 bits per heavy atom. The molecule has 0 bridgehead atoms. The van der Waals surface area contributed by atoms with Crippen molar-refractivity contribution in [3.8, 4) is 0 Å². The quantitative estimate of drug-likeness (QED) is 0.573. The maximum atomic E-state index is 12.9. The molecule has 0 aliphatic carbocycles. The highest BCUT2D eigenvalue weighted by atomic mass is 32.1. The van der Waals surface area contributed by atoms with Crippen molar-refractivity contribution in [2.24, 2.45) is 5.10 Å². The molecule has 3 heterocycles. The number of hydrazone groups is 1. The topological polar surface area (TPSA) is 104 Å². The molecular weight excluding hydrogens is 408 g/mol. The Morgan fingerprint density at radius 3 is 2.70 bits per heavy atom. The maximum absolute atomic E-state index is 12.9. The number of hydrogen-bond acceptors (Lipinski definition) is 7. The van der Waals surface area contributed by atoms with Gasteiger partial charge >= 0.3 is 11.8 Å². The Labute approximate surface area is 178 Å². The number of amides is 1. The first-order valence-electron chi connectivity index (χ1n) is 10.0. The van der Waals surface area contributed by atoms with Gasteiger partial charge in [0.05, 0.1) is 29.1 Å². The second-order valence-corrected chi connectivity index (χ2v) is 9.25. The number of nitrogens with one attached hydrogen (secondary N) is 1. The summed E-state index contributed by atoms with van der Waals surface area (Å²) < 4.78 is 13.7. The predicted molar refractivity (Wildman–Crippen MR) is 117 cm³/mol. The number of fused-ring (bicyclic) bond motifs is 1. The molecule has 1 N–H and O–H groups in total. The third-order valence-corrected chi connectivity index (χ3v) is 6.04. The minimum Gasteiger partial charge on any atom is -0.443 e. The standard InChI is InChI=1S/C20H28N4O5S/c1-6-23-16(25)15-12(2)14(10-21-22-18(26)29-20(3,4)5)30-17(15)24(19(23)27)11-13-8-7-9-28-13/h10,13H,6-9,11H2,1-5H3,(H,22,26). The molecule has 1 unspecified atom stereocenters. The smallest absolute Gasteiger partial charge is 0.428 e. The van der Waals surface area contributed by atoms with E-state index in [0.29, 0.717) is 28.2 Å². The van der Waals surface area contributed by atoms with Crippen molar-refractivity contribution < 1.29 is 14.3 Å². The average Bonchev–Trinajstić information content (AvgIpc) is 3.26. The minimum absolute atomic E-state index is 0.0398. The third kappa shape index (κ3) is 4.65. The number of carbonyl (C=O) groups excluding carboxylic acids is 1. The van der Waals surface area contributed by atoms with E-state index in [1.165, 1.54) is 22.1 Å². The lowest BCUT2D eigenvalue weighted by molar-refractivity contribution is 0.0529. The van der Waals surface area contributed by atoms with Crippen molar-refractivity contribution in [1.82, 2.24) is 14.6 Å². The highest BCUT2D eigenvalue weighted by Gasteiger charge is 2.23. The summed E-state index contributed by atoms with van der Waals surface area (Å²) in [6.07, 6.45) is 2.62. The van der Waals surface area contributed by atoms with Crippen LogP contribution < -0.4 is 16.7 Å². The zero-order valence-electron chi connectivity index (χ0n) is 18.0. The molecular formula is C20H28N4O5S. The summed E-state index contributed by atoms with van der Waals surface area (Å²) in [6, 6.07) is 0. The van der Waals surface area contributed by atoms with Gasteiger partial charge in [-0.05, 0) is 53.0 Å². The third-order valence-electron chi connectivity index (χ3n) is 4.79. The predicted octanol–water partition coefficient (Wildman–Crippen LogP) is 2.59. The van der Waals surface area contributed by atoms with E-state index in [2.05, 4.69) is 10.5 Å². The first kappa shape index (κ1) is 22.2. The van der Waals surface area contributed by atoms with E-state index in [1.54, 1.807) is 32.3 Å². The molecule has 10 heteroatoms. The molecule has 164 valence electrons. The zero-order valence-corrected chi connectivity index (χ0v) is 18.8. The van der Waals surface area contributed by atoms with Crippen LogP contribution >= 0.6 is 11.3 Å². The Balaban J connectivity index is 1.99. The van der Waals surface area contributed by atoms with Crippen LogP contribution in [-0.2, 0) is 22.6 Å². The average molecular weight is 437 g/mol. The molecule has 2 aromatic heterocycles. The zero-order chi connectivity index (χ0) is 22.1. The molecule has 0 radical (unpaired) electrons. The number of carbonyl (C=O) groups is 1. The monoisotopic (exact) mass is 436 g/mol. The number of aromatic nitrogens is 2. The van der Waals surface area contributed by atoms with Crippen LogP contribution in [0.5, 0.6) is 0 Å². The molecule has 0 saturated carbocycles. The summed E-state index contributed by atoms with van der Waals surface area (Å²) in [6.45, 7) is 10.3. The fourth-order valence-electron chi connectivity index (χ4n) is 3.41. The van der Waals surface area contributed by atoms with E-state index in [1.807, 2.05) is 6.92 Å². The molecule has 1 saturated heterocycles. The van der Waals surface area contributed by atoms with Crippen LogP contribution in [0.3, 0.4) is 0 Å². The van der Waals surface area contributed by atoms with Crippen LogP contribution in [0.15, 0.2) is 14.7 Å². The minimum atomic E-state index is -0.666. The second-order valence-electron chi connectivity index (χ2n) is 8.22. The van der Waals surface area contributed by atoms with Gasteiger partial charge < -0.3 is 9.47 Å². The van der Waals surface area contributed by atoms with E-state index in [4.69, 9.17) is 9.47 Å². The Kier molecular flexibility index (Phi) is 6.47. The fourth-order valence-corrected chi connectivity index (χ4v) is 4.59. The van der Waals surface area contributed by atoms with Gasteiger partial charge in [-0.2, -0.15) is 5.10 Å². The summed E-state index contributed by atoms with van der Waals surface area (Å²) in [7, 11) is 0. The van der Waals surface area contributed by atoms with Crippen molar-refractivity contribution in [2.75, 3.05) is 6.61 Å². The van der Waals surface area contributed by atoms with Gasteiger partial charge in [-0.25, -0.2) is 15.0 Å².